The monoisotopic (exact) mass is 523 g/mol. The molecule has 0 unspecified atom stereocenters. The van der Waals surface area contributed by atoms with Crippen LogP contribution in [-0.4, -0.2) is 37.4 Å². The Bertz CT molecular complexity index is 1320. The van der Waals surface area contributed by atoms with Crippen LogP contribution in [0.2, 0.25) is 0 Å². The minimum atomic E-state index is -0.890. The lowest BCUT2D eigenvalue weighted by Gasteiger charge is -2.17. The number of hydroxylamine groups is 2. The average Bonchev–Trinajstić information content (AvgIpc) is 2.91. The van der Waals surface area contributed by atoms with Crippen LogP contribution in [0.3, 0.4) is 0 Å². The van der Waals surface area contributed by atoms with Gasteiger partial charge in [-0.25, -0.2) is 27.6 Å². The summed E-state index contributed by atoms with van der Waals surface area (Å²) >= 11 is 0. The van der Waals surface area contributed by atoms with E-state index in [0.29, 0.717) is 11.4 Å². The molecule has 198 valence electrons. The molecular formula is C23H25N9O6. The zero-order chi connectivity index (χ0) is 28.0. The molecule has 0 atom stereocenters. The number of amides is 2. The number of aromatic hydroxyl groups is 2. The molecule has 0 saturated heterocycles. The van der Waals surface area contributed by atoms with Gasteiger partial charge in [-0.3, -0.25) is 30.0 Å². The summed E-state index contributed by atoms with van der Waals surface area (Å²) < 4.78 is 0. The molecule has 0 spiro atoms. The van der Waals surface area contributed by atoms with Gasteiger partial charge < -0.3 is 21.7 Å². The van der Waals surface area contributed by atoms with E-state index in [-0.39, 0.29) is 33.9 Å². The molecule has 0 radical (unpaired) electrons. The van der Waals surface area contributed by atoms with Gasteiger partial charge in [-0.2, -0.15) is 0 Å². The summed E-state index contributed by atoms with van der Waals surface area (Å²) in [4.78, 5) is 27.4. The fourth-order valence-electron chi connectivity index (χ4n) is 3.20. The molecule has 2 amide bonds. The average molecular weight is 524 g/mol. The van der Waals surface area contributed by atoms with Crippen molar-refractivity contribution < 1.29 is 30.2 Å². The summed E-state index contributed by atoms with van der Waals surface area (Å²) in [6.45, 7) is 0. The summed E-state index contributed by atoms with van der Waals surface area (Å²) in [6.07, 6.45) is 2.66. The second-order valence-electron chi connectivity index (χ2n) is 7.68. The van der Waals surface area contributed by atoms with Crippen molar-refractivity contribution in [3.05, 3.63) is 89.5 Å². The first-order valence-electron chi connectivity index (χ1n) is 10.6. The van der Waals surface area contributed by atoms with Gasteiger partial charge in [-0.15, -0.1) is 0 Å². The summed E-state index contributed by atoms with van der Waals surface area (Å²) in [7, 11) is 0. The maximum Gasteiger partial charge on any atom is 0.278 e. The number of aromatic nitrogens is 1. The van der Waals surface area contributed by atoms with E-state index in [1.807, 2.05) is 0 Å². The molecule has 15 heteroatoms. The first-order valence-corrected chi connectivity index (χ1v) is 10.6. The topological polar surface area (TPSA) is 263 Å². The number of phenolic OH excluding ortho intramolecular Hbond substituents is 2. The van der Waals surface area contributed by atoms with E-state index in [2.05, 4.69) is 4.98 Å². The van der Waals surface area contributed by atoms with Crippen LogP contribution in [0, 0.1) is 0 Å². The molecule has 1 heterocycles. The lowest BCUT2D eigenvalue weighted by atomic mass is 10.1. The molecule has 15 nitrogen and oxygen atoms in total. The maximum absolute atomic E-state index is 11.5. The Morgan fingerprint density at radius 2 is 1.13 bits per heavy atom. The van der Waals surface area contributed by atoms with Crippen LogP contribution in [0.1, 0.15) is 32.1 Å². The molecule has 0 aliphatic carbocycles. The number of carbonyl (C=O) groups is 2. The van der Waals surface area contributed by atoms with Crippen molar-refractivity contribution in [2.75, 3.05) is 10.0 Å². The molecule has 0 aliphatic heterocycles. The predicted octanol–water partition coefficient (Wildman–Crippen LogP) is 0.00560. The van der Waals surface area contributed by atoms with Crippen molar-refractivity contribution in [1.82, 2.24) is 15.9 Å². The number of nitrogens with one attached hydrogen (secondary N) is 2. The van der Waals surface area contributed by atoms with Crippen molar-refractivity contribution in [2.45, 2.75) is 0 Å². The normalized spacial score (nSPS) is 11.6. The molecule has 0 saturated carbocycles. The van der Waals surface area contributed by atoms with Crippen molar-refractivity contribution in [3.8, 4) is 11.5 Å². The quantitative estimate of drug-likeness (QED) is 0.106. The van der Waals surface area contributed by atoms with E-state index in [1.165, 1.54) is 59.8 Å². The van der Waals surface area contributed by atoms with Gasteiger partial charge in [0.2, 0.25) is 0 Å². The van der Waals surface area contributed by atoms with Crippen LogP contribution in [0.5, 0.6) is 11.5 Å². The van der Waals surface area contributed by atoms with Gasteiger partial charge in [-0.1, -0.05) is 6.07 Å². The second kappa shape index (κ2) is 11.6. The number of hydrogen-bond acceptors (Lipinski definition) is 13. The number of phenols is 2. The molecule has 3 aromatic rings. The molecular weight excluding hydrogens is 498 g/mol. The number of benzene rings is 2. The minimum Gasteiger partial charge on any atom is -0.507 e. The van der Waals surface area contributed by atoms with Crippen molar-refractivity contribution in [2.24, 2.45) is 23.2 Å². The highest BCUT2D eigenvalue weighted by molar-refractivity contribution is 5.97. The van der Waals surface area contributed by atoms with Crippen molar-refractivity contribution in [1.29, 1.82) is 0 Å². The molecule has 0 bridgehead atoms. The van der Waals surface area contributed by atoms with E-state index in [4.69, 9.17) is 33.6 Å². The van der Waals surface area contributed by atoms with Crippen molar-refractivity contribution >= 4 is 34.6 Å². The van der Waals surface area contributed by atoms with Gasteiger partial charge in [0.25, 0.3) is 11.8 Å². The molecule has 2 aromatic carbocycles. The molecule has 14 N–H and O–H groups in total. The number of rotatable bonds is 8. The van der Waals surface area contributed by atoms with E-state index >= 15 is 0 Å². The minimum absolute atomic E-state index is 0.131. The number of nitrogens with zero attached hydrogens (tertiary/aromatic N) is 3. The van der Waals surface area contributed by atoms with Gasteiger partial charge in [0.05, 0.1) is 45.3 Å². The Kier molecular flexibility index (Phi) is 8.31. The lowest BCUT2D eigenvalue weighted by Crippen LogP contribution is -2.26. The van der Waals surface area contributed by atoms with Gasteiger partial charge in [0.1, 0.15) is 11.5 Å². The van der Waals surface area contributed by atoms with E-state index < -0.39 is 23.3 Å². The summed E-state index contributed by atoms with van der Waals surface area (Å²) in [5.74, 6) is 9.40. The summed E-state index contributed by atoms with van der Waals surface area (Å²) in [5, 5.41) is 39.7. The standard InChI is InChI=1S/C23H25N9O6/c24-16(10-31(26)12-4-6-14(20(33)8-12)22(35)29-37)18-2-1-3-19(28-18)17(25)11-32(27)13-5-7-15(21(34)9-13)23(36)30-38/h1-11,33-34,37-38H,24-27H2,(H,29,35)(H,30,36)/b16-10-,17-11-. The van der Waals surface area contributed by atoms with Crippen molar-refractivity contribution in [3.63, 3.8) is 0 Å². The Hall–Kier alpha value is -5.35. The Balaban J connectivity index is 1.81. The number of hydrogen-bond donors (Lipinski definition) is 10. The summed E-state index contributed by atoms with van der Waals surface area (Å²) in [6, 6.07) is 12.6. The third kappa shape index (κ3) is 6.07. The lowest BCUT2D eigenvalue weighted by molar-refractivity contribution is 0.0699. The molecule has 38 heavy (non-hydrogen) atoms. The maximum atomic E-state index is 11.5. The van der Waals surface area contributed by atoms with Gasteiger partial charge in [0.15, 0.2) is 0 Å². The van der Waals surface area contributed by atoms with Gasteiger partial charge in [0, 0.05) is 24.5 Å². The Morgan fingerprint density at radius 1 is 0.737 bits per heavy atom. The largest absolute Gasteiger partial charge is 0.507 e. The number of anilines is 2. The van der Waals surface area contributed by atoms with Gasteiger partial charge >= 0.3 is 0 Å². The van der Waals surface area contributed by atoms with E-state index in [9.17, 15) is 19.8 Å². The highest BCUT2D eigenvalue weighted by Gasteiger charge is 2.14. The van der Waals surface area contributed by atoms with E-state index in [0.717, 1.165) is 10.0 Å². The Morgan fingerprint density at radius 3 is 1.47 bits per heavy atom. The highest BCUT2D eigenvalue weighted by atomic mass is 16.5. The van der Waals surface area contributed by atoms with E-state index in [1.54, 1.807) is 18.2 Å². The zero-order valence-electron chi connectivity index (χ0n) is 19.6. The Labute approximate surface area is 215 Å². The second-order valence-corrected chi connectivity index (χ2v) is 7.68. The first-order chi connectivity index (χ1) is 18.0. The summed E-state index contributed by atoms with van der Waals surface area (Å²) in [5.41, 5.74) is 16.2. The molecule has 0 fully saturated rings. The van der Waals surface area contributed by atoms with Crippen LogP contribution < -0.4 is 44.1 Å². The predicted molar refractivity (Wildman–Crippen MR) is 137 cm³/mol. The fraction of sp³-hybridized carbons (Fsp3) is 0. The third-order valence-corrected chi connectivity index (χ3v) is 5.15. The SMILES string of the molecule is N/C(=C\N(N)c1ccc(C(=O)NO)c(O)c1)c1cccc(/C(N)=C/N(N)c2ccc(C(=O)NO)c(O)c2)n1. The number of nitrogens with two attached hydrogens (primary N) is 4. The fourth-order valence-corrected chi connectivity index (χ4v) is 3.20. The highest BCUT2D eigenvalue weighted by Crippen LogP contribution is 2.26. The zero-order valence-corrected chi connectivity index (χ0v) is 19.6. The molecule has 1 aromatic heterocycles. The van der Waals surface area contributed by atoms with Crippen LogP contribution in [-0.2, 0) is 0 Å². The van der Waals surface area contributed by atoms with Crippen LogP contribution in [0.25, 0.3) is 11.4 Å². The van der Waals surface area contributed by atoms with Crippen LogP contribution in [0.15, 0.2) is 67.0 Å². The van der Waals surface area contributed by atoms with Crippen LogP contribution >= 0.6 is 0 Å². The first kappa shape index (κ1) is 27.2. The van der Waals surface area contributed by atoms with Gasteiger partial charge in [-0.05, 0) is 36.4 Å². The number of pyridine rings is 1. The molecule has 0 aliphatic rings. The number of carbonyl (C=O) groups excluding carboxylic acids is 2. The third-order valence-electron chi connectivity index (χ3n) is 5.15. The molecule has 3 rings (SSSR count). The van der Waals surface area contributed by atoms with Crippen LogP contribution in [0.4, 0.5) is 11.4 Å². The number of hydrazine groups is 2. The smallest absolute Gasteiger partial charge is 0.278 e.